The highest BCUT2D eigenvalue weighted by molar-refractivity contribution is 7.99. The Hall–Kier alpha value is -2.97. The Labute approximate surface area is 163 Å². The van der Waals surface area contributed by atoms with E-state index < -0.39 is 5.37 Å². The lowest BCUT2D eigenvalue weighted by atomic mass is 10.1. The average Bonchev–Trinajstić information content (AvgIpc) is 3.39. The van der Waals surface area contributed by atoms with Crippen LogP contribution in [0.1, 0.15) is 15.7 Å². The lowest BCUT2D eigenvalue weighted by Crippen LogP contribution is -2.17. The first kappa shape index (κ1) is 17.4. The third-order valence-electron chi connectivity index (χ3n) is 3.77. The summed E-state index contributed by atoms with van der Waals surface area (Å²) >= 11 is 7.40. The van der Waals surface area contributed by atoms with Crippen molar-refractivity contribution in [2.24, 2.45) is 0 Å². The maximum atomic E-state index is 13.0. The SMILES string of the molecule is O=C(c1ccccc1)[C@H](Sc1n[nH]c(-c2ccccc2Cl)n1)n1cncn1. The van der Waals surface area contributed by atoms with Crippen molar-refractivity contribution in [2.45, 2.75) is 10.5 Å². The summed E-state index contributed by atoms with van der Waals surface area (Å²) in [7, 11) is 0. The molecule has 0 amide bonds. The highest BCUT2D eigenvalue weighted by Gasteiger charge is 2.26. The van der Waals surface area contributed by atoms with Gasteiger partial charge in [-0.3, -0.25) is 9.89 Å². The van der Waals surface area contributed by atoms with E-state index in [1.807, 2.05) is 36.4 Å². The largest absolute Gasteiger partial charge is 0.291 e. The van der Waals surface area contributed by atoms with Crippen molar-refractivity contribution in [1.82, 2.24) is 29.9 Å². The zero-order valence-electron chi connectivity index (χ0n) is 13.9. The molecule has 0 bridgehead atoms. The molecule has 0 saturated heterocycles. The Balaban J connectivity index is 1.63. The van der Waals surface area contributed by atoms with E-state index >= 15 is 0 Å². The molecule has 2 aromatic heterocycles. The summed E-state index contributed by atoms with van der Waals surface area (Å²) in [5.41, 5.74) is 1.32. The number of benzene rings is 2. The normalized spacial score (nSPS) is 12.0. The number of Topliss-reactive ketones (excluding diaryl/α,β-unsaturated/α-hetero) is 1. The number of nitrogens with one attached hydrogen (secondary N) is 1. The summed E-state index contributed by atoms with van der Waals surface area (Å²) in [6, 6.07) is 16.4. The molecule has 2 aromatic carbocycles. The van der Waals surface area contributed by atoms with Crippen molar-refractivity contribution in [3.8, 4) is 11.4 Å². The van der Waals surface area contributed by atoms with Crippen LogP contribution in [0, 0.1) is 0 Å². The number of carbonyl (C=O) groups is 1. The van der Waals surface area contributed by atoms with Gasteiger partial charge in [0.2, 0.25) is 5.16 Å². The molecule has 9 heteroatoms. The van der Waals surface area contributed by atoms with Crippen LogP contribution in [0.3, 0.4) is 0 Å². The van der Waals surface area contributed by atoms with E-state index in [-0.39, 0.29) is 5.78 Å². The minimum Gasteiger partial charge on any atom is -0.291 e. The number of thioether (sulfide) groups is 1. The number of hydrogen-bond acceptors (Lipinski definition) is 6. The second kappa shape index (κ2) is 7.73. The molecular formula is C18H13ClN6OS. The Morgan fingerprint density at radius 2 is 1.89 bits per heavy atom. The Bertz CT molecular complexity index is 1050. The molecular weight excluding hydrogens is 384 g/mol. The number of ketones is 1. The Morgan fingerprint density at radius 1 is 1.11 bits per heavy atom. The topological polar surface area (TPSA) is 89.4 Å². The molecule has 0 unspecified atom stereocenters. The third-order valence-corrected chi connectivity index (χ3v) is 5.15. The van der Waals surface area contributed by atoms with E-state index in [0.29, 0.717) is 21.6 Å². The van der Waals surface area contributed by atoms with E-state index in [2.05, 4.69) is 25.3 Å². The molecule has 0 aliphatic heterocycles. The second-order valence-electron chi connectivity index (χ2n) is 5.52. The van der Waals surface area contributed by atoms with Crippen LogP contribution in [0.5, 0.6) is 0 Å². The molecule has 7 nitrogen and oxygen atoms in total. The van der Waals surface area contributed by atoms with Crippen LogP contribution in [-0.2, 0) is 0 Å². The van der Waals surface area contributed by atoms with Gasteiger partial charge in [0.25, 0.3) is 0 Å². The van der Waals surface area contributed by atoms with Crippen LogP contribution in [-0.4, -0.2) is 35.7 Å². The maximum Gasteiger partial charge on any atom is 0.211 e. The van der Waals surface area contributed by atoms with Gasteiger partial charge in [-0.05, 0) is 23.9 Å². The predicted octanol–water partition coefficient (Wildman–Crippen LogP) is 3.89. The Morgan fingerprint density at radius 3 is 2.63 bits per heavy atom. The molecule has 0 spiro atoms. The zero-order valence-corrected chi connectivity index (χ0v) is 15.4. The van der Waals surface area contributed by atoms with Crippen molar-refractivity contribution < 1.29 is 4.79 Å². The summed E-state index contributed by atoms with van der Waals surface area (Å²) in [6.45, 7) is 0. The molecule has 0 radical (unpaired) electrons. The van der Waals surface area contributed by atoms with Crippen LogP contribution in [0.15, 0.2) is 72.4 Å². The summed E-state index contributed by atoms with van der Waals surface area (Å²) in [5.74, 6) is 0.419. The van der Waals surface area contributed by atoms with E-state index in [0.717, 1.165) is 5.56 Å². The van der Waals surface area contributed by atoms with Gasteiger partial charge in [0.15, 0.2) is 17.0 Å². The van der Waals surface area contributed by atoms with Crippen molar-refractivity contribution in [1.29, 1.82) is 0 Å². The number of rotatable bonds is 6. The van der Waals surface area contributed by atoms with Crippen molar-refractivity contribution in [3.63, 3.8) is 0 Å². The van der Waals surface area contributed by atoms with Gasteiger partial charge < -0.3 is 0 Å². The van der Waals surface area contributed by atoms with Gasteiger partial charge in [0.05, 0.1) is 5.02 Å². The fourth-order valence-electron chi connectivity index (χ4n) is 2.48. The Kier molecular flexibility index (Phi) is 4.99. The van der Waals surface area contributed by atoms with Gasteiger partial charge in [0, 0.05) is 11.1 Å². The molecule has 1 atom stereocenters. The molecule has 4 rings (SSSR count). The van der Waals surface area contributed by atoms with Crippen molar-refractivity contribution >= 4 is 29.1 Å². The van der Waals surface area contributed by atoms with Crippen molar-refractivity contribution in [2.75, 3.05) is 0 Å². The molecule has 0 saturated carbocycles. The fourth-order valence-corrected chi connectivity index (χ4v) is 3.61. The van der Waals surface area contributed by atoms with Gasteiger partial charge in [-0.15, -0.1) is 5.10 Å². The van der Waals surface area contributed by atoms with Gasteiger partial charge in [0.1, 0.15) is 12.7 Å². The second-order valence-corrected chi connectivity index (χ2v) is 6.98. The molecule has 0 aliphatic rings. The van der Waals surface area contributed by atoms with Crippen molar-refractivity contribution in [3.05, 3.63) is 77.8 Å². The van der Waals surface area contributed by atoms with Crippen LogP contribution in [0.25, 0.3) is 11.4 Å². The van der Waals surface area contributed by atoms with Gasteiger partial charge in [-0.25, -0.2) is 14.6 Å². The lowest BCUT2D eigenvalue weighted by Gasteiger charge is -2.13. The number of H-pyrrole nitrogens is 1. The van der Waals surface area contributed by atoms with E-state index in [1.54, 1.807) is 18.2 Å². The van der Waals surface area contributed by atoms with Gasteiger partial charge in [-0.1, -0.05) is 54.1 Å². The van der Waals surface area contributed by atoms with Crippen LogP contribution in [0.4, 0.5) is 0 Å². The van der Waals surface area contributed by atoms with Crippen LogP contribution in [0.2, 0.25) is 5.02 Å². The van der Waals surface area contributed by atoms with Gasteiger partial charge >= 0.3 is 0 Å². The smallest absolute Gasteiger partial charge is 0.211 e. The maximum absolute atomic E-state index is 13.0. The fraction of sp³-hybridized carbons (Fsp3) is 0.0556. The van der Waals surface area contributed by atoms with E-state index in [4.69, 9.17) is 11.6 Å². The molecule has 27 heavy (non-hydrogen) atoms. The molecule has 4 aromatic rings. The molecule has 134 valence electrons. The van der Waals surface area contributed by atoms with E-state index in [1.165, 1.54) is 29.1 Å². The monoisotopic (exact) mass is 396 g/mol. The van der Waals surface area contributed by atoms with Gasteiger partial charge in [-0.2, -0.15) is 5.10 Å². The van der Waals surface area contributed by atoms with Crippen LogP contribution < -0.4 is 0 Å². The predicted molar refractivity (Wildman–Crippen MR) is 103 cm³/mol. The van der Waals surface area contributed by atoms with E-state index in [9.17, 15) is 4.79 Å². The first-order valence-electron chi connectivity index (χ1n) is 8.00. The number of aromatic amines is 1. The quantitative estimate of drug-likeness (QED) is 0.393. The number of carbonyl (C=O) groups excluding carboxylic acids is 1. The first-order chi connectivity index (χ1) is 13.2. The summed E-state index contributed by atoms with van der Waals surface area (Å²) in [6.07, 6.45) is 2.89. The average molecular weight is 397 g/mol. The summed E-state index contributed by atoms with van der Waals surface area (Å²) in [4.78, 5) is 21.4. The number of hydrogen-bond donors (Lipinski definition) is 1. The first-order valence-corrected chi connectivity index (χ1v) is 9.25. The number of halogens is 1. The zero-order chi connectivity index (χ0) is 18.6. The summed E-state index contributed by atoms with van der Waals surface area (Å²) < 4.78 is 1.49. The minimum atomic E-state index is -0.676. The van der Waals surface area contributed by atoms with Crippen LogP contribution >= 0.6 is 23.4 Å². The third kappa shape index (κ3) is 3.76. The highest BCUT2D eigenvalue weighted by atomic mass is 35.5. The standard InChI is InChI=1S/C18H13ClN6OS/c19-14-9-5-4-8-13(14)16-22-18(24-23-16)27-17(25-11-20-10-21-25)15(26)12-6-2-1-3-7-12/h1-11,17H,(H,22,23,24)/t17-/m0/s1. The summed E-state index contributed by atoms with van der Waals surface area (Å²) in [5, 5.41) is 11.5. The molecule has 1 N–H and O–H groups in total. The minimum absolute atomic E-state index is 0.116. The lowest BCUT2D eigenvalue weighted by molar-refractivity contribution is 0.0962. The molecule has 2 heterocycles. The number of aromatic nitrogens is 6. The molecule has 0 fully saturated rings. The highest BCUT2D eigenvalue weighted by Crippen LogP contribution is 2.33. The molecule has 0 aliphatic carbocycles. The number of nitrogens with zero attached hydrogens (tertiary/aromatic N) is 5.